The van der Waals surface area contributed by atoms with E-state index < -0.39 is 12.6 Å². The molecule has 1 amide bonds. The van der Waals surface area contributed by atoms with E-state index >= 15 is 0 Å². The average molecular weight is 341 g/mol. The molecule has 1 aliphatic rings. The van der Waals surface area contributed by atoms with Gasteiger partial charge in [0.05, 0.1) is 6.42 Å². The summed E-state index contributed by atoms with van der Waals surface area (Å²) in [5.41, 5.74) is 0.712. The summed E-state index contributed by atoms with van der Waals surface area (Å²) in [6.07, 6.45) is 3.40. The molecule has 7 heteroatoms. The summed E-state index contributed by atoms with van der Waals surface area (Å²) in [5.74, 6) is -0.867. The molecule has 1 saturated heterocycles. The van der Waals surface area contributed by atoms with Gasteiger partial charge >= 0.3 is 12.6 Å². The normalized spacial score (nSPS) is 17.8. The van der Waals surface area contributed by atoms with Crippen molar-refractivity contribution in [1.29, 1.82) is 0 Å². The van der Waals surface area contributed by atoms with Gasteiger partial charge in [0.2, 0.25) is 5.91 Å². The van der Waals surface area contributed by atoms with Crippen molar-refractivity contribution in [2.24, 2.45) is 0 Å². The molecule has 0 aromatic heterocycles. The van der Waals surface area contributed by atoms with Crippen LogP contribution in [0.4, 0.5) is 8.78 Å². The third-order valence-electron chi connectivity index (χ3n) is 4.14. The number of ether oxygens (including phenoxy) is 1. The highest BCUT2D eigenvalue weighted by atomic mass is 19.3. The summed E-state index contributed by atoms with van der Waals surface area (Å²) >= 11 is 0. The first kappa shape index (κ1) is 18.2. The van der Waals surface area contributed by atoms with E-state index in [-0.39, 0.29) is 30.5 Å². The molecule has 1 aromatic carbocycles. The lowest BCUT2D eigenvalue weighted by atomic mass is 9.97. The topological polar surface area (TPSA) is 66.8 Å². The standard InChI is InChI=1S/C17H21F2NO4/c18-17(19)24-14-7-4-12(5-8-14)11-15(21)20-10-2-1-3-13(20)6-9-16(22)23/h4-5,7-8,13,17H,1-3,6,9-11H2,(H,22,23). The molecule has 0 bridgehead atoms. The molecule has 1 fully saturated rings. The van der Waals surface area contributed by atoms with Gasteiger partial charge in [0.25, 0.3) is 0 Å². The van der Waals surface area contributed by atoms with Crippen LogP contribution in [0.2, 0.25) is 0 Å². The molecule has 5 nitrogen and oxygen atoms in total. The van der Waals surface area contributed by atoms with E-state index in [9.17, 15) is 18.4 Å². The molecule has 1 aromatic rings. The van der Waals surface area contributed by atoms with Crippen LogP contribution in [0.15, 0.2) is 24.3 Å². The Kier molecular flexibility index (Phi) is 6.52. The zero-order valence-electron chi connectivity index (χ0n) is 13.3. The van der Waals surface area contributed by atoms with E-state index in [1.807, 2.05) is 0 Å². The van der Waals surface area contributed by atoms with Crippen molar-refractivity contribution in [3.05, 3.63) is 29.8 Å². The van der Waals surface area contributed by atoms with Crippen molar-refractivity contribution in [1.82, 2.24) is 4.90 Å². The van der Waals surface area contributed by atoms with Crippen molar-refractivity contribution in [2.75, 3.05) is 6.54 Å². The number of piperidine rings is 1. The van der Waals surface area contributed by atoms with Crippen molar-refractivity contribution >= 4 is 11.9 Å². The number of hydrogen-bond acceptors (Lipinski definition) is 3. The zero-order chi connectivity index (χ0) is 17.5. The Morgan fingerprint density at radius 3 is 2.58 bits per heavy atom. The van der Waals surface area contributed by atoms with Crippen LogP contribution in [-0.2, 0) is 16.0 Å². The predicted octanol–water partition coefficient (Wildman–Crippen LogP) is 3.08. The second-order valence-corrected chi connectivity index (χ2v) is 5.87. The van der Waals surface area contributed by atoms with Crippen molar-refractivity contribution < 1.29 is 28.2 Å². The van der Waals surface area contributed by atoms with Crippen LogP contribution in [0.25, 0.3) is 0 Å². The molecule has 132 valence electrons. The van der Waals surface area contributed by atoms with E-state index in [1.165, 1.54) is 12.1 Å². The van der Waals surface area contributed by atoms with Gasteiger partial charge in [0, 0.05) is 19.0 Å². The van der Waals surface area contributed by atoms with Gasteiger partial charge < -0.3 is 14.7 Å². The Hall–Kier alpha value is -2.18. The third-order valence-corrected chi connectivity index (χ3v) is 4.14. The van der Waals surface area contributed by atoms with Crippen molar-refractivity contribution in [3.8, 4) is 5.75 Å². The van der Waals surface area contributed by atoms with Crippen LogP contribution in [0.3, 0.4) is 0 Å². The first-order valence-corrected chi connectivity index (χ1v) is 8.00. The SMILES string of the molecule is O=C(O)CCC1CCCCN1C(=O)Cc1ccc(OC(F)F)cc1. The number of likely N-dealkylation sites (tertiary alicyclic amines) is 1. The van der Waals surface area contributed by atoms with Gasteiger partial charge in [-0.3, -0.25) is 9.59 Å². The molecule has 24 heavy (non-hydrogen) atoms. The number of benzene rings is 1. The molecular weight excluding hydrogens is 320 g/mol. The number of rotatable bonds is 7. The lowest BCUT2D eigenvalue weighted by Crippen LogP contribution is -2.44. The highest BCUT2D eigenvalue weighted by Gasteiger charge is 2.26. The predicted molar refractivity (Wildman–Crippen MR) is 83.0 cm³/mol. The zero-order valence-corrected chi connectivity index (χ0v) is 13.3. The Morgan fingerprint density at radius 1 is 1.25 bits per heavy atom. The van der Waals surface area contributed by atoms with Gasteiger partial charge in [0.1, 0.15) is 5.75 Å². The Bertz CT molecular complexity index is 562. The van der Waals surface area contributed by atoms with Crippen LogP contribution in [-0.4, -0.2) is 41.1 Å². The maximum atomic E-state index is 12.5. The van der Waals surface area contributed by atoms with Crippen LogP contribution in [0.5, 0.6) is 5.75 Å². The molecule has 1 unspecified atom stereocenters. The second kappa shape index (κ2) is 8.61. The molecule has 1 atom stereocenters. The van der Waals surface area contributed by atoms with E-state index in [0.29, 0.717) is 18.5 Å². The first-order valence-electron chi connectivity index (χ1n) is 8.00. The fourth-order valence-corrected chi connectivity index (χ4v) is 2.98. The van der Waals surface area contributed by atoms with Crippen LogP contribution < -0.4 is 4.74 Å². The minimum Gasteiger partial charge on any atom is -0.481 e. The summed E-state index contributed by atoms with van der Waals surface area (Å²) in [6, 6.07) is 5.96. The Morgan fingerprint density at radius 2 is 1.96 bits per heavy atom. The largest absolute Gasteiger partial charge is 0.481 e. The molecule has 0 saturated carbocycles. The smallest absolute Gasteiger partial charge is 0.387 e. The maximum absolute atomic E-state index is 12.5. The highest BCUT2D eigenvalue weighted by molar-refractivity contribution is 5.79. The Balaban J connectivity index is 1.94. The van der Waals surface area contributed by atoms with Gasteiger partial charge in [-0.2, -0.15) is 8.78 Å². The minimum absolute atomic E-state index is 0.0382. The van der Waals surface area contributed by atoms with Gasteiger partial charge in [-0.1, -0.05) is 12.1 Å². The van der Waals surface area contributed by atoms with Crippen molar-refractivity contribution in [2.45, 2.75) is 51.2 Å². The lowest BCUT2D eigenvalue weighted by Gasteiger charge is -2.35. The number of nitrogens with zero attached hydrogens (tertiary/aromatic N) is 1. The average Bonchev–Trinajstić information content (AvgIpc) is 2.54. The van der Waals surface area contributed by atoms with Crippen LogP contribution >= 0.6 is 0 Å². The quantitative estimate of drug-likeness (QED) is 0.828. The number of carboxylic acid groups (broad SMARTS) is 1. The third kappa shape index (κ3) is 5.47. The molecule has 1 N–H and O–H groups in total. The van der Waals surface area contributed by atoms with E-state index in [4.69, 9.17) is 5.11 Å². The molecule has 0 aliphatic carbocycles. The number of amides is 1. The minimum atomic E-state index is -2.87. The maximum Gasteiger partial charge on any atom is 0.387 e. The van der Waals surface area contributed by atoms with Gasteiger partial charge in [-0.25, -0.2) is 0 Å². The second-order valence-electron chi connectivity index (χ2n) is 5.87. The van der Waals surface area contributed by atoms with Gasteiger partial charge in [-0.15, -0.1) is 0 Å². The number of aliphatic carboxylic acids is 1. The molecule has 0 spiro atoms. The number of carbonyl (C=O) groups excluding carboxylic acids is 1. The molecular formula is C17H21F2NO4. The number of carboxylic acids is 1. The summed E-state index contributed by atoms with van der Waals surface area (Å²) in [7, 11) is 0. The fourth-order valence-electron chi connectivity index (χ4n) is 2.98. The van der Waals surface area contributed by atoms with Gasteiger partial charge in [0.15, 0.2) is 0 Å². The number of alkyl halides is 2. The fraction of sp³-hybridized carbons (Fsp3) is 0.529. The number of carbonyl (C=O) groups is 2. The lowest BCUT2D eigenvalue weighted by molar-refractivity contribution is -0.139. The molecule has 0 radical (unpaired) electrons. The Labute approximate surface area is 139 Å². The monoisotopic (exact) mass is 341 g/mol. The number of halogens is 2. The summed E-state index contributed by atoms with van der Waals surface area (Å²) in [4.78, 5) is 25.0. The molecule has 2 rings (SSSR count). The van der Waals surface area contributed by atoms with Crippen LogP contribution in [0.1, 0.15) is 37.7 Å². The van der Waals surface area contributed by atoms with Gasteiger partial charge in [-0.05, 0) is 43.4 Å². The summed E-state index contributed by atoms with van der Waals surface area (Å²) in [5, 5.41) is 8.82. The number of hydrogen-bond donors (Lipinski definition) is 1. The molecule has 1 heterocycles. The molecule has 1 aliphatic heterocycles. The first-order chi connectivity index (χ1) is 11.5. The van der Waals surface area contributed by atoms with E-state index in [0.717, 1.165) is 19.3 Å². The summed E-state index contributed by atoms with van der Waals surface area (Å²) in [6.45, 7) is -2.24. The van der Waals surface area contributed by atoms with E-state index in [1.54, 1.807) is 17.0 Å². The summed E-state index contributed by atoms with van der Waals surface area (Å²) < 4.78 is 28.5. The van der Waals surface area contributed by atoms with Crippen molar-refractivity contribution in [3.63, 3.8) is 0 Å². The van der Waals surface area contributed by atoms with E-state index in [2.05, 4.69) is 4.74 Å². The highest BCUT2D eigenvalue weighted by Crippen LogP contribution is 2.22. The van der Waals surface area contributed by atoms with Crippen LogP contribution in [0, 0.1) is 0 Å².